The maximum absolute atomic E-state index is 5.62. The van der Waals surface area contributed by atoms with E-state index in [4.69, 9.17) is 5.73 Å². The fraction of sp³-hybridized carbons (Fsp3) is 0.583. The van der Waals surface area contributed by atoms with Gasteiger partial charge in [-0.15, -0.1) is 0 Å². The van der Waals surface area contributed by atoms with E-state index in [9.17, 15) is 0 Å². The molecule has 0 saturated carbocycles. The minimum Gasteiger partial charge on any atom is -0.397 e. The van der Waals surface area contributed by atoms with E-state index < -0.39 is 0 Å². The van der Waals surface area contributed by atoms with Crippen molar-refractivity contribution in [1.82, 2.24) is 9.88 Å². The quantitative estimate of drug-likeness (QED) is 0.786. The molecule has 1 aromatic heterocycles. The van der Waals surface area contributed by atoms with Crippen LogP contribution in [0.25, 0.3) is 0 Å². The number of anilines is 2. The molecule has 0 amide bonds. The van der Waals surface area contributed by atoms with Crippen LogP contribution in [0.5, 0.6) is 0 Å². The summed E-state index contributed by atoms with van der Waals surface area (Å²) in [6.07, 6.45) is 5.62. The van der Waals surface area contributed by atoms with Crippen LogP contribution in [0.4, 0.5) is 11.5 Å². The normalized spacial score (nSPS) is 29.2. The Hall–Kier alpha value is -1.29. The van der Waals surface area contributed by atoms with E-state index >= 15 is 0 Å². The summed E-state index contributed by atoms with van der Waals surface area (Å²) < 4.78 is 0. The monoisotopic (exact) mass is 218 g/mol. The summed E-state index contributed by atoms with van der Waals surface area (Å²) >= 11 is 0. The molecule has 2 aliphatic heterocycles. The maximum atomic E-state index is 5.62. The topological polar surface area (TPSA) is 54.2 Å². The Labute approximate surface area is 95.8 Å². The third kappa shape index (κ3) is 1.73. The Morgan fingerprint density at radius 1 is 1.31 bits per heavy atom. The predicted molar refractivity (Wildman–Crippen MR) is 65.3 cm³/mol. The van der Waals surface area contributed by atoms with Crippen molar-refractivity contribution in [2.75, 3.05) is 24.1 Å². The van der Waals surface area contributed by atoms with E-state index in [1.54, 1.807) is 6.20 Å². The van der Waals surface area contributed by atoms with E-state index in [0.717, 1.165) is 17.5 Å². The largest absolute Gasteiger partial charge is 0.397 e. The highest BCUT2D eigenvalue weighted by molar-refractivity contribution is 5.44. The number of hydrogen-bond acceptors (Lipinski definition) is 4. The first-order valence-electron chi connectivity index (χ1n) is 6.05. The van der Waals surface area contributed by atoms with Gasteiger partial charge in [0.2, 0.25) is 0 Å². The Morgan fingerprint density at radius 2 is 2.25 bits per heavy atom. The van der Waals surface area contributed by atoms with Crippen LogP contribution in [-0.2, 0) is 0 Å². The van der Waals surface area contributed by atoms with Gasteiger partial charge in [0, 0.05) is 18.6 Å². The number of nitrogens with two attached hydrogens (primary N) is 1. The summed E-state index contributed by atoms with van der Waals surface area (Å²) in [4.78, 5) is 6.89. The van der Waals surface area contributed by atoms with Crippen LogP contribution in [0.1, 0.15) is 19.3 Å². The molecule has 3 N–H and O–H groups in total. The highest BCUT2D eigenvalue weighted by Gasteiger charge is 2.36. The summed E-state index contributed by atoms with van der Waals surface area (Å²) in [6.45, 7) is 2.51. The van der Waals surface area contributed by atoms with Crippen molar-refractivity contribution >= 4 is 11.5 Å². The van der Waals surface area contributed by atoms with Gasteiger partial charge in [-0.05, 0) is 37.9 Å². The molecule has 4 nitrogen and oxygen atoms in total. The molecule has 16 heavy (non-hydrogen) atoms. The fourth-order valence-corrected chi connectivity index (χ4v) is 2.93. The van der Waals surface area contributed by atoms with Gasteiger partial charge in [-0.2, -0.15) is 0 Å². The number of nitrogens with one attached hydrogen (secondary N) is 1. The van der Waals surface area contributed by atoms with Crippen molar-refractivity contribution < 1.29 is 0 Å². The SMILES string of the molecule is Nc1ccc(NC2CCN3CCCC23)nc1. The molecule has 4 heteroatoms. The van der Waals surface area contributed by atoms with Gasteiger partial charge in [0.05, 0.1) is 11.9 Å². The smallest absolute Gasteiger partial charge is 0.126 e. The number of hydrogen-bond donors (Lipinski definition) is 2. The molecular formula is C12H18N4. The second kappa shape index (κ2) is 3.94. The molecule has 3 rings (SSSR count). The van der Waals surface area contributed by atoms with Crippen LogP contribution in [0, 0.1) is 0 Å². The Kier molecular flexibility index (Phi) is 2.44. The summed E-state index contributed by atoms with van der Waals surface area (Å²) in [5.74, 6) is 0.952. The summed E-state index contributed by atoms with van der Waals surface area (Å²) in [5, 5.41) is 3.53. The molecule has 2 saturated heterocycles. The predicted octanol–water partition coefficient (Wildman–Crippen LogP) is 1.31. The average molecular weight is 218 g/mol. The zero-order valence-corrected chi connectivity index (χ0v) is 9.39. The van der Waals surface area contributed by atoms with Crippen molar-refractivity contribution in [3.63, 3.8) is 0 Å². The van der Waals surface area contributed by atoms with Crippen molar-refractivity contribution in [1.29, 1.82) is 0 Å². The summed E-state index contributed by atoms with van der Waals surface area (Å²) in [6, 6.07) is 5.15. The first-order chi connectivity index (χ1) is 7.83. The van der Waals surface area contributed by atoms with E-state index in [2.05, 4.69) is 15.2 Å². The van der Waals surface area contributed by atoms with Gasteiger partial charge in [0.15, 0.2) is 0 Å². The number of fused-ring (bicyclic) bond motifs is 1. The first kappa shape index (κ1) is 9.90. The minimum atomic E-state index is 0.568. The van der Waals surface area contributed by atoms with Crippen LogP contribution in [0.3, 0.4) is 0 Å². The van der Waals surface area contributed by atoms with Crippen molar-refractivity contribution in [2.45, 2.75) is 31.3 Å². The standard InChI is InChI=1S/C12H18N4/c13-9-3-4-12(14-8-9)15-10-5-7-16-6-1-2-11(10)16/h3-4,8,10-11H,1-2,5-7,13H2,(H,14,15). The molecule has 2 fully saturated rings. The van der Waals surface area contributed by atoms with Crippen LogP contribution < -0.4 is 11.1 Å². The summed E-state index contributed by atoms with van der Waals surface area (Å²) in [5.41, 5.74) is 6.34. The lowest BCUT2D eigenvalue weighted by molar-refractivity contribution is 0.318. The molecule has 0 aromatic carbocycles. The number of pyridine rings is 1. The maximum Gasteiger partial charge on any atom is 0.126 e. The molecule has 2 atom stereocenters. The molecular weight excluding hydrogens is 200 g/mol. The molecule has 0 radical (unpaired) electrons. The highest BCUT2D eigenvalue weighted by atomic mass is 15.2. The Morgan fingerprint density at radius 3 is 3.06 bits per heavy atom. The van der Waals surface area contributed by atoms with E-state index in [1.807, 2.05) is 12.1 Å². The van der Waals surface area contributed by atoms with Gasteiger partial charge >= 0.3 is 0 Å². The molecule has 0 bridgehead atoms. The van der Waals surface area contributed by atoms with Gasteiger partial charge in [-0.3, -0.25) is 4.90 Å². The van der Waals surface area contributed by atoms with E-state index in [-0.39, 0.29) is 0 Å². The molecule has 2 aliphatic rings. The van der Waals surface area contributed by atoms with Gasteiger partial charge in [0.1, 0.15) is 5.82 Å². The zero-order valence-electron chi connectivity index (χ0n) is 9.39. The number of aromatic nitrogens is 1. The van der Waals surface area contributed by atoms with Crippen molar-refractivity contribution in [3.8, 4) is 0 Å². The molecule has 1 aromatic rings. The summed E-state index contributed by atoms with van der Waals surface area (Å²) in [7, 11) is 0. The highest BCUT2D eigenvalue weighted by Crippen LogP contribution is 2.29. The minimum absolute atomic E-state index is 0.568. The van der Waals surface area contributed by atoms with Crippen LogP contribution in [0.15, 0.2) is 18.3 Å². The van der Waals surface area contributed by atoms with Crippen molar-refractivity contribution in [3.05, 3.63) is 18.3 Å². The Bertz CT molecular complexity index is 362. The number of nitrogen functional groups attached to an aromatic ring is 1. The van der Waals surface area contributed by atoms with E-state index in [1.165, 1.54) is 32.4 Å². The van der Waals surface area contributed by atoms with Gasteiger partial charge in [-0.25, -0.2) is 4.98 Å². The third-order valence-corrected chi connectivity index (χ3v) is 3.73. The van der Waals surface area contributed by atoms with Gasteiger partial charge in [0.25, 0.3) is 0 Å². The average Bonchev–Trinajstić information content (AvgIpc) is 2.86. The number of nitrogens with zero attached hydrogens (tertiary/aromatic N) is 2. The second-order valence-corrected chi connectivity index (χ2v) is 4.76. The molecule has 86 valence electrons. The first-order valence-corrected chi connectivity index (χ1v) is 6.05. The third-order valence-electron chi connectivity index (χ3n) is 3.73. The van der Waals surface area contributed by atoms with Crippen LogP contribution in [-0.4, -0.2) is 35.1 Å². The van der Waals surface area contributed by atoms with Gasteiger partial charge < -0.3 is 11.1 Å². The Balaban J connectivity index is 1.68. The number of rotatable bonds is 2. The fourth-order valence-electron chi connectivity index (χ4n) is 2.93. The van der Waals surface area contributed by atoms with Gasteiger partial charge in [-0.1, -0.05) is 0 Å². The lowest BCUT2D eigenvalue weighted by Gasteiger charge is -2.21. The van der Waals surface area contributed by atoms with Crippen LogP contribution >= 0.6 is 0 Å². The zero-order chi connectivity index (χ0) is 11.0. The molecule has 2 unspecified atom stereocenters. The second-order valence-electron chi connectivity index (χ2n) is 4.76. The lowest BCUT2D eigenvalue weighted by atomic mass is 10.1. The van der Waals surface area contributed by atoms with E-state index in [0.29, 0.717) is 6.04 Å². The van der Waals surface area contributed by atoms with Crippen molar-refractivity contribution in [2.24, 2.45) is 0 Å². The molecule has 0 spiro atoms. The lowest BCUT2D eigenvalue weighted by Crippen LogP contribution is -2.33. The van der Waals surface area contributed by atoms with Crippen LogP contribution in [0.2, 0.25) is 0 Å². The molecule has 0 aliphatic carbocycles. The molecule has 3 heterocycles.